The van der Waals surface area contributed by atoms with Crippen LogP contribution in [-0.2, 0) is 14.4 Å². The molecule has 0 aromatic heterocycles. The third-order valence-corrected chi connectivity index (χ3v) is 2.22. The largest absolute Gasteiger partial charge is 0.366 e. The summed E-state index contributed by atoms with van der Waals surface area (Å²) >= 11 is 0. The van der Waals surface area contributed by atoms with Crippen molar-refractivity contribution in [2.24, 2.45) is 5.73 Å². The lowest BCUT2D eigenvalue weighted by atomic mass is 10.1. The van der Waals surface area contributed by atoms with Gasteiger partial charge in [0.05, 0.1) is 6.07 Å². The van der Waals surface area contributed by atoms with Crippen LogP contribution in [0.3, 0.4) is 0 Å². The highest BCUT2D eigenvalue weighted by molar-refractivity contribution is 6.35. The van der Waals surface area contributed by atoms with Gasteiger partial charge in [-0.2, -0.15) is 5.26 Å². The highest BCUT2D eigenvalue weighted by atomic mass is 16.2. The minimum atomic E-state index is -0.905. The average molecular weight is 294 g/mol. The van der Waals surface area contributed by atoms with Crippen molar-refractivity contribution in [2.75, 3.05) is 13.1 Å². The second kappa shape index (κ2) is 12.4. The van der Waals surface area contributed by atoms with E-state index in [-0.39, 0.29) is 18.7 Å². The van der Waals surface area contributed by atoms with Crippen molar-refractivity contribution in [1.82, 2.24) is 10.6 Å². The molecule has 0 saturated carbocycles. The molecule has 7 nitrogen and oxygen atoms in total. The van der Waals surface area contributed by atoms with Gasteiger partial charge in [-0.25, -0.2) is 0 Å². The third kappa shape index (κ3) is 8.21. The zero-order chi connectivity index (χ0) is 16.8. The molecule has 4 N–H and O–H groups in total. The molecule has 116 valence electrons. The average Bonchev–Trinajstić information content (AvgIpc) is 2.49. The number of nitriles is 1. The first-order chi connectivity index (χ1) is 9.97. The second-order valence-electron chi connectivity index (χ2n) is 3.40. The molecule has 0 atom stereocenters. The summed E-state index contributed by atoms with van der Waals surface area (Å²) in [7, 11) is 0. The van der Waals surface area contributed by atoms with Gasteiger partial charge in [-0.3, -0.25) is 14.4 Å². The van der Waals surface area contributed by atoms with Gasteiger partial charge in [0.2, 0.25) is 5.91 Å². The van der Waals surface area contributed by atoms with Crippen LogP contribution in [0.4, 0.5) is 0 Å². The maximum Gasteiger partial charge on any atom is 0.310 e. The first-order valence-corrected chi connectivity index (χ1v) is 6.52. The Morgan fingerprint density at radius 1 is 1.10 bits per heavy atom. The standard InChI is InChI=1S/C12H16N4O3.C2H6/c1-3-8(9(4-2)10(14)17)7-16-12(19)11(18)15-6-5-13;1-2/h3-4H,6-7H2,1-2H3,(H2,14,17)(H,15,18)(H,16,19);1-2H3/b8-3-,9-4+;. The van der Waals surface area contributed by atoms with E-state index in [0.717, 1.165) is 0 Å². The van der Waals surface area contributed by atoms with Crippen molar-refractivity contribution >= 4 is 17.7 Å². The van der Waals surface area contributed by atoms with Gasteiger partial charge < -0.3 is 16.4 Å². The molecule has 0 aromatic rings. The predicted molar refractivity (Wildman–Crippen MR) is 79.7 cm³/mol. The monoisotopic (exact) mass is 294 g/mol. The first-order valence-electron chi connectivity index (χ1n) is 6.52. The van der Waals surface area contributed by atoms with E-state index < -0.39 is 17.7 Å². The molecule has 0 aliphatic heterocycles. The van der Waals surface area contributed by atoms with Crippen molar-refractivity contribution in [2.45, 2.75) is 27.7 Å². The van der Waals surface area contributed by atoms with Crippen molar-refractivity contribution in [3.8, 4) is 6.07 Å². The molecule has 0 aromatic carbocycles. The zero-order valence-electron chi connectivity index (χ0n) is 12.8. The van der Waals surface area contributed by atoms with E-state index in [9.17, 15) is 14.4 Å². The molecule has 0 fully saturated rings. The number of primary amides is 1. The second-order valence-corrected chi connectivity index (χ2v) is 3.40. The summed E-state index contributed by atoms with van der Waals surface area (Å²) in [6.07, 6.45) is 3.15. The fourth-order valence-electron chi connectivity index (χ4n) is 1.29. The van der Waals surface area contributed by atoms with E-state index >= 15 is 0 Å². The molecule has 21 heavy (non-hydrogen) atoms. The van der Waals surface area contributed by atoms with E-state index in [1.54, 1.807) is 26.0 Å². The number of carbonyl (C=O) groups excluding carboxylic acids is 3. The van der Waals surface area contributed by atoms with Gasteiger partial charge in [0.1, 0.15) is 6.54 Å². The molecule has 0 spiro atoms. The summed E-state index contributed by atoms with van der Waals surface area (Å²) in [5.74, 6) is -2.40. The minimum absolute atomic E-state index is 0.00206. The number of rotatable bonds is 5. The van der Waals surface area contributed by atoms with Crippen LogP contribution in [0.5, 0.6) is 0 Å². The Hall–Kier alpha value is -2.62. The number of carbonyl (C=O) groups is 3. The van der Waals surface area contributed by atoms with E-state index in [2.05, 4.69) is 10.6 Å². The maximum atomic E-state index is 11.4. The Kier molecular flexibility index (Phi) is 12.2. The van der Waals surface area contributed by atoms with Gasteiger partial charge in [0.25, 0.3) is 0 Å². The predicted octanol–water partition coefficient (Wildman–Crippen LogP) is 0.146. The fraction of sp³-hybridized carbons (Fsp3) is 0.429. The summed E-state index contributed by atoms with van der Waals surface area (Å²) < 4.78 is 0. The fourth-order valence-corrected chi connectivity index (χ4v) is 1.29. The van der Waals surface area contributed by atoms with E-state index in [1.165, 1.54) is 6.08 Å². The van der Waals surface area contributed by atoms with Crippen LogP contribution in [0.25, 0.3) is 0 Å². The molecular weight excluding hydrogens is 272 g/mol. The van der Waals surface area contributed by atoms with Crippen LogP contribution < -0.4 is 16.4 Å². The van der Waals surface area contributed by atoms with Crippen LogP contribution in [-0.4, -0.2) is 30.8 Å². The van der Waals surface area contributed by atoms with Gasteiger partial charge in [0, 0.05) is 12.1 Å². The first kappa shape index (κ1) is 20.7. The number of nitrogens with zero attached hydrogens (tertiary/aromatic N) is 1. The van der Waals surface area contributed by atoms with Gasteiger partial charge in [0.15, 0.2) is 0 Å². The number of hydrogen-bond acceptors (Lipinski definition) is 4. The van der Waals surface area contributed by atoms with Crippen LogP contribution in [0, 0.1) is 11.3 Å². The summed E-state index contributed by atoms with van der Waals surface area (Å²) in [6.45, 7) is 7.08. The number of nitrogens with one attached hydrogen (secondary N) is 2. The smallest absolute Gasteiger partial charge is 0.310 e. The lowest BCUT2D eigenvalue weighted by Crippen LogP contribution is -2.41. The van der Waals surface area contributed by atoms with Crippen LogP contribution in [0.2, 0.25) is 0 Å². The number of hydrogen-bond donors (Lipinski definition) is 3. The van der Waals surface area contributed by atoms with Crippen LogP contribution in [0.1, 0.15) is 27.7 Å². The molecule has 0 heterocycles. The normalized spacial score (nSPS) is 10.6. The summed E-state index contributed by atoms with van der Waals surface area (Å²) in [5, 5.41) is 12.7. The van der Waals surface area contributed by atoms with Crippen LogP contribution >= 0.6 is 0 Å². The molecular formula is C14H22N4O3. The summed E-state index contributed by atoms with van der Waals surface area (Å²) in [5.41, 5.74) is 5.97. The highest BCUT2D eigenvalue weighted by Crippen LogP contribution is 2.08. The number of amides is 3. The van der Waals surface area contributed by atoms with Gasteiger partial charge in [-0.05, 0) is 19.4 Å². The molecule has 0 rings (SSSR count). The zero-order valence-corrected chi connectivity index (χ0v) is 12.8. The third-order valence-electron chi connectivity index (χ3n) is 2.22. The number of allylic oxidation sites excluding steroid dienone is 2. The van der Waals surface area contributed by atoms with Gasteiger partial charge >= 0.3 is 11.8 Å². The highest BCUT2D eigenvalue weighted by Gasteiger charge is 2.15. The molecule has 0 aliphatic carbocycles. The molecule has 7 heteroatoms. The Balaban J connectivity index is 0. The van der Waals surface area contributed by atoms with Crippen molar-refractivity contribution in [3.05, 3.63) is 23.3 Å². The quantitative estimate of drug-likeness (QED) is 0.289. The van der Waals surface area contributed by atoms with Gasteiger partial charge in [-0.15, -0.1) is 0 Å². The Bertz CT molecular complexity index is 473. The topological polar surface area (TPSA) is 125 Å². The minimum Gasteiger partial charge on any atom is -0.366 e. The molecule has 3 amide bonds. The maximum absolute atomic E-state index is 11.4. The van der Waals surface area contributed by atoms with E-state index in [4.69, 9.17) is 11.0 Å². The molecule has 0 saturated heterocycles. The lowest BCUT2D eigenvalue weighted by molar-refractivity contribution is -0.138. The van der Waals surface area contributed by atoms with E-state index in [1.807, 2.05) is 13.8 Å². The van der Waals surface area contributed by atoms with Gasteiger partial charge in [-0.1, -0.05) is 26.0 Å². The molecule has 0 bridgehead atoms. The Morgan fingerprint density at radius 3 is 2.00 bits per heavy atom. The van der Waals surface area contributed by atoms with Crippen molar-refractivity contribution in [1.29, 1.82) is 5.26 Å². The van der Waals surface area contributed by atoms with Crippen molar-refractivity contribution < 1.29 is 14.4 Å². The Labute approximate surface area is 124 Å². The van der Waals surface area contributed by atoms with E-state index in [0.29, 0.717) is 5.57 Å². The number of nitrogens with two attached hydrogens (primary N) is 1. The van der Waals surface area contributed by atoms with Crippen molar-refractivity contribution in [3.63, 3.8) is 0 Å². The Morgan fingerprint density at radius 2 is 1.62 bits per heavy atom. The molecule has 0 aliphatic rings. The SMILES string of the molecule is C/C=C(CNC(=O)C(=O)NCC#N)\C(=C/C)C(N)=O.CC. The summed E-state index contributed by atoms with van der Waals surface area (Å²) in [6, 6.07) is 1.68. The molecule has 0 radical (unpaired) electrons. The van der Waals surface area contributed by atoms with Crippen LogP contribution in [0.15, 0.2) is 23.3 Å². The lowest BCUT2D eigenvalue weighted by Gasteiger charge is -2.09. The molecule has 0 unspecified atom stereocenters. The summed E-state index contributed by atoms with van der Waals surface area (Å²) in [4.78, 5) is 33.7.